The smallest absolute Gasteiger partial charge is 0.328 e. The number of carbonyl (C=O) groups excluding carboxylic acids is 2. The van der Waals surface area contributed by atoms with E-state index in [0.717, 1.165) is 4.90 Å². The molecule has 2 atom stereocenters. The predicted molar refractivity (Wildman–Crippen MR) is 78.5 cm³/mol. The lowest BCUT2D eigenvalue weighted by Crippen LogP contribution is -2.64. The van der Waals surface area contributed by atoms with Gasteiger partial charge >= 0.3 is 6.03 Å². The number of hydrogen-bond donors (Lipinski definition) is 0. The van der Waals surface area contributed by atoms with E-state index in [-0.39, 0.29) is 17.9 Å². The standard InChI is InChI=1S/C15H14FN5O2/c1-19-11(7-17)18-13-12(19)14(22)21(15(23)20(13)2)8-9-5-3-4-6-10(9)16/h3-6,12-13H,8H2,1-2H3. The Kier molecular flexibility index (Phi) is 3.48. The zero-order valence-electron chi connectivity index (χ0n) is 12.6. The highest BCUT2D eigenvalue weighted by atomic mass is 19.1. The molecule has 2 heterocycles. The van der Waals surface area contributed by atoms with Gasteiger partial charge in [0.2, 0.25) is 5.84 Å². The minimum atomic E-state index is -0.765. The van der Waals surface area contributed by atoms with E-state index in [1.165, 1.54) is 29.0 Å². The first-order valence-corrected chi connectivity index (χ1v) is 6.98. The lowest BCUT2D eigenvalue weighted by molar-refractivity contribution is -0.137. The van der Waals surface area contributed by atoms with Crippen molar-refractivity contribution in [3.63, 3.8) is 0 Å². The Balaban J connectivity index is 1.93. The number of amidine groups is 1. The van der Waals surface area contributed by atoms with Crippen molar-refractivity contribution in [2.24, 2.45) is 4.99 Å². The molecule has 0 spiro atoms. The number of benzene rings is 1. The summed E-state index contributed by atoms with van der Waals surface area (Å²) in [5.74, 6) is -0.870. The molecular formula is C15H14FN5O2. The van der Waals surface area contributed by atoms with Crippen LogP contribution in [0, 0.1) is 17.1 Å². The normalized spacial score (nSPS) is 23.7. The highest BCUT2D eigenvalue weighted by Gasteiger charge is 2.51. The van der Waals surface area contributed by atoms with Gasteiger partial charge in [-0.05, 0) is 6.07 Å². The number of urea groups is 1. The van der Waals surface area contributed by atoms with Gasteiger partial charge in [-0.2, -0.15) is 5.26 Å². The number of aliphatic imine (C=N–C) groups is 1. The average Bonchev–Trinajstić information content (AvgIpc) is 2.88. The maximum absolute atomic E-state index is 13.8. The van der Waals surface area contributed by atoms with Gasteiger partial charge in [-0.25, -0.2) is 14.2 Å². The number of nitriles is 1. The van der Waals surface area contributed by atoms with Crippen LogP contribution < -0.4 is 0 Å². The number of rotatable bonds is 2. The van der Waals surface area contributed by atoms with E-state index in [1.807, 2.05) is 6.07 Å². The predicted octanol–water partition coefficient (Wildman–Crippen LogP) is 0.782. The maximum atomic E-state index is 13.8. The molecule has 1 aromatic rings. The fourth-order valence-corrected chi connectivity index (χ4v) is 2.82. The summed E-state index contributed by atoms with van der Waals surface area (Å²) in [7, 11) is 3.09. The largest absolute Gasteiger partial charge is 0.335 e. The number of hydrogen-bond acceptors (Lipinski definition) is 5. The Bertz CT molecular complexity index is 756. The van der Waals surface area contributed by atoms with E-state index in [0.29, 0.717) is 0 Å². The SMILES string of the molecule is CN1C(=O)N(Cc2ccccc2F)C(=O)C2C1N=C(C#N)N2C. The fraction of sp³-hybridized carbons (Fsp3) is 0.333. The van der Waals surface area contributed by atoms with Crippen LogP contribution in [0.4, 0.5) is 9.18 Å². The van der Waals surface area contributed by atoms with Crippen LogP contribution >= 0.6 is 0 Å². The number of fused-ring (bicyclic) bond motifs is 1. The van der Waals surface area contributed by atoms with E-state index >= 15 is 0 Å². The summed E-state index contributed by atoms with van der Waals surface area (Å²) in [6, 6.07) is 6.57. The number of amides is 3. The van der Waals surface area contributed by atoms with Gasteiger partial charge in [-0.1, -0.05) is 18.2 Å². The molecule has 3 rings (SSSR count). The summed E-state index contributed by atoms with van der Waals surface area (Å²) in [4.78, 5) is 33.0. The molecule has 1 saturated heterocycles. The van der Waals surface area contributed by atoms with Crippen molar-refractivity contribution < 1.29 is 14.0 Å². The van der Waals surface area contributed by atoms with Gasteiger partial charge in [-0.15, -0.1) is 0 Å². The van der Waals surface area contributed by atoms with Crippen molar-refractivity contribution in [2.75, 3.05) is 14.1 Å². The minimum absolute atomic E-state index is 0.0979. The second kappa shape index (κ2) is 5.35. The van der Waals surface area contributed by atoms with E-state index in [4.69, 9.17) is 5.26 Å². The second-order valence-electron chi connectivity index (χ2n) is 5.44. The Morgan fingerprint density at radius 1 is 1.26 bits per heavy atom. The van der Waals surface area contributed by atoms with Crippen molar-refractivity contribution in [1.29, 1.82) is 5.26 Å². The quantitative estimate of drug-likeness (QED) is 0.808. The van der Waals surface area contributed by atoms with Gasteiger partial charge in [0, 0.05) is 19.7 Å². The molecule has 23 heavy (non-hydrogen) atoms. The Morgan fingerprint density at radius 2 is 1.96 bits per heavy atom. The van der Waals surface area contributed by atoms with E-state index in [9.17, 15) is 14.0 Å². The molecule has 0 radical (unpaired) electrons. The maximum Gasteiger partial charge on any atom is 0.328 e. The number of nitrogens with zero attached hydrogens (tertiary/aromatic N) is 5. The summed E-state index contributed by atoms with van der Waals surface area (Å²) in [6.45, 7) is -0.159. The average molecular weight is 315 g/mol. The molecule has 7 nitrogen and oxygen atoms in total. The van der Waals surface area contributed by atoms with Gasteiger partial charge in [0.1, 0.15) is 11.9 Å². The Morgan fingerprint density at radius 3 is 2.61 bits per heavy atom. The van der Waals surface area contributed by atoms with Crippen molar-refractivity contribution in [3.8, 4) is 6.07 Å². The van der Waals surface area contributed by atoms with Crippen LogP contribution in [0.2, 0.25) is 0 Å². The van der Waals surface area contributed by atoms with Crippen LogP contribution in [-0.4, -0.2) is 58.8 Å². The van der Waals surface area contributed by atoms with E-state index in [2.05, 4.69) is 4.99 Å². The topological polar surface area (TPSA) is 80.0 Å². The number of halogens is 1. The lowest BCUT2D eigenvalue weighted by atomic mass is 10.1. The van der Waals surface area contributed by atoms with Crippen LogP contribution in [-0.2, 0) is 11.3 Å². The molecule has 2 aliphatic rings. The summed E-state index contributed by atoms with van der Waals surface area (Å²) >= 11 is 0. The second-order valence-corrected chi connectivity index (χ2v) is 5.44. The van der Waals surface area contributed by atoms with Crippen molar-refractivity contribution in [3.05, 3.63) is 35.6 Å². The third-order valence-corrected chi connectivity index (χ3v) is 4.12. The third kappa shape index (κ3) is 2.21. The molecule has 8 heteroatoms. The van der Waals surface area contributed by atoms with Gasteiger partial charge in [0.15, 0.2) is 12.2 Å². The van der Waals surface area contributed by atoms with Crippen LogP contribution in [0.25, 0.3) is 0 Å². The van der Waals surface area contributed by atoms with Crippen LogP contribution in [0.5, 0.6) is 0 Å². The highest BCUT2D eigenvalue weighted by Crippen LogP contribution is 2.27. The first kappa shape index (κ1) is 15.0. The first-order chi connectivity index (χ1) is 11.0. The summed E-state index contributed by atoms with van der Waals surface area (Å²) < 4.78 is 13.8. The molecule has 0 aromatic heterocycles. The summed E-state index contributed by atoms with van der Waals surface area (Å²) in [5, 5.41) is 9.06. The molecule has 3 amide bonds. The summed E-state index contributed by atoms with van der Waals surface area (Å²) in [6.07, 6.45) is -0.730. The molecule has 0 bridgehead atoms. The van der Waals surface area contributed by atoms with Crippen molar-refractivity contribution in [1.82, 2.24) is 14.7 Å². The number of likely N-dealkylation sites (N-methyl/N-ethyl adjacent to an activating group) is 2. The molecule has 118 valence electrons. The van der Waals surface area contributed by atoms with Gasteiger partial charge in [-0.3, -0.25) is 9.69 Å². The van der Waals surface area contributed by atoms with E-state index < -0.39 is 30.0 Å². The minimum Gasteiger partial charge on any atom is -0.335 e. The molecule has 0 N–H and O–H groups in total. The Hall–Kier alpha value is -2.95. The zero-order chi connectivity index (χ0) is 16.7. The molecule has 0 saturated carbocycles. The molecule has 1 fully saturated rings. The first-order valence-electron chi connectivity index (χ1n) is 6.98. The van der Waals surface area contributed by atoms with Crippen LogP contribution in [0.15, 0.2) is 29.3 Å². The van der Waals surface area contributed by atoms with Crippen LogP contribution in [0.1, 0.15) is 5.56 Å². The van der Waals surface area contributed by atoms with Crippen molar-refractivity contribution in [2.45, 2.75) is 18.8 Å². The summed E-state index contributed by atoms with van der Waals surface area (Å²) in [5.41, 5.74) is 0.253. The molecule has 2 aliphatic heterocycles. The van der Waals surface area contributed by atoms with Crippen molar-refractivity contribution >= 4 is 17.8 Å². The van der Waals surface area contributed by atoms with Crippen LogP contribution in [0.3, 0.4) is 0 Å². The number of imide groups is 1. The Labute approximate surface area is 132 Å². The number of carbonyl (C=O) groups is 2. The fourth-order valence-electron chi connectivity index (χ4n) is 2.82. The lowest BCUT2D eigenvalue weighted by Gasteiger charge is -2.40. The van der Waals surface area contributed by atoms with Gasteiger partial charge in [0.05, 0.1) is 6.54 Å². The monoisotopic (exact) mass is 315 g/mol. The molecule has 2 unspecified atom stereocenters. The zero-order valence-corrected chi connectivity index (χ0v) is 12.6. The van der Waals surface area contributed by atoms with E-state index in [1.54, 1.807) is 19.2 Å². The van der Waals surface area contributed by atoms with Gasteiger partial charge in [0.25, 0.3) is 5.91 Å². The highest BCUT2D eigenvalue weighted by molar-refractivity contribution is 6.07. The molecule has 1 aromatic carbocycles. The third-order valence-electron chi connectivity index (χ3n) is 4.12. The van der Waals surface area contributed by atoms with Gasteiger partial charge < -0.3 is 9.80 Å². The molecular weight excluding hydrogens is 301 g/mol. The molecule has 0 aliphatic carbocycles.